The second kappa shape index (κ2) is 4.24. The molecule has 0 aliphatic rings. The van der Waals surface area contributed by atoms with E-state index in [9.17, 15) is 0 Å². The normalized spacial score (nSPS) is 11.7. The zero-order valence-corrected chi connectivity index (χ0v) is 10.6. The fraction of sp³-hybridized carbons (Fsp3) is 0.357. The Bertz CT molecular complexity index is 489. The first-order valence-electron chi connectivity index (χ1n) is 5.83. The van der Waals surface area contributed by atoms with Crippen LogP contribution in [0.2, 0.25) is 0 Å². The number of nitrogens with two attached hydrogens (primary N) is 1. The van der Waals surface area contributed by atoms with Crippen LogP contribution in [0.25, 0.3) is 0 Å². The minimum absolute atomic E-state index is 0.198. The summed E-state index contributed by atoms with van der Waals surface area (Å²) in [5.41, 5.74) is 8.54. The highest BCUT2D eigenvalue weighted by Gasteiger charge is 2.12. The van der Waals surface area contributed by atoms with Crippen LogP contribution >= 0.6 is 0 Å². The molecule has 3 heteroatoms. The highest BCUT2D eigenvalue weighted by molar-refractivity contribution is 5.30. The number of hydrogen-bond acceptors (Lipinski definition) is 2. The summed E-state index contributed by atoms with van der Waals surface area (Å²) in [6, 6.07) is 10.4. The molecule has 0 saturated heterocycles. The number of nitrogen functional groups attached to an aromatic ring is 1. The molecule has 0 spiro atoms. The van der Waals surface area contributed by atoms with Crippen LogP contribution in [0.4, 0.5) is 5.82 Å². The molecule has 0 fully saturated rings. The largest absolute Gasteiger partial charge is 0.384 e. The predicted octanol–water partition coefficient (Wildman–Crippen LogP) is 2.81. The van der Waals surface area contributed by atoms with Gasteiger partial charge in [-0.2, -0.15) is 5.10 Å². The third-order valence-electron chi connectivity index (χ3n) is 2.90. The fourth-order valence-corrected chi connectivity index (χ4v) is 1.76. The Labute approximate surface area is 102 Å². The van der Waals surface area contributed by atoms with Gasteiger partial charge in [0.05, 0.1) is 12.7 Å². The van der Waals surface area contributed by atoms with Crippen LogP contribution in [0.15, 0.2) is 36.5 Å². The molecule has 0 saturated carbocycles. The van der Waals surface area contributed by atoms with E-state index >= 15 is 0 Å². The summed E-state index contributed by atoms with van der Waals surface area (Å²) >= 11 is 0. The van der Waals surface area contributed by atoms with Crippen LogP contribution in [-0.4, -0.2) is 9.78 Å². The number of rotatable bonds is 2. The molecule has 0 unspecified atom stereocenters. The first-order chi connectivity index (χ1) is 7.97. The van der Waals surface area contributed by atoms with Gasteiger partial charge in [0.15, 0.2) is 0 Å². The average Bonchev–Trinajstić information content (AvgIpc) is 2.64. The quantitative estimate of drug-likeness (QED) is 0.860. The molecule has 0 radical (unpaired) electrons. The molecule has 0 aliphatic heterocycles. The van der Waals surface area contributed by atoms with Crippen molar-refractivity contribution in [2.75, 3.05) is 5.73 Å². The number of benzene rings is 1. The van der Waals surface area contributed by atoms with Gasteiger partial charge in [0.25, 0.3) is 0 Å². The molecule has 3 nitrogen and oxygen atoms in total. The van der Waals surface area contributed by atoms with Crippen LogP contribution in [-0.2, 0) is 12.0 Å². The third-order valence-corrected chi connectivity index (χ3v) is 2.90. The maximum atomic E-state index is 5.79. The van der Waals surface area contributed by atoms with E-state index in [-0.39, 0.29) is 5.41 Å². The van der Waals surface area contributed by atoms with E-state index in [1.165, 1.54) is 11.1 Å². The molecule has 1 aromatic heterocycles. The molecule has 0 atom stereocenters. The van der Waals surface area contributed by atoms with Gasteiger partial charge in [0.2, 0.25) is 0 Å². The van der Waals surface area contributed by atoms with Gasteiger partial charge in [-0.05, 0) is 22.6 Å². The summed E-state index contributed by atoms with van der Waals surface area (Å²) in [7, 11) is 0. The molecule has 2 aromatic rings. The standard InChI is InChI=1S/C14H19N3/c1-14(2,3)12-6-4-11(5-7-12)10-17-13(15)8-9-16-17/h4-9H,10,15H2,1-3H3. The highest BCUT2D eigenvalue weighted by Crippen LogP contribution is 2.22. The van der Waals surface area contributed by atoms with Gasteiger partial charge in [0.1, 0.15) is 5.82 Å². The smallest absolute Gasteiger partial charge is 0.122 e. The van der Waals surface area contributed by atoms with Gasteiger partial charge < -0.3 is 5.73 Å². The van der Waals surface area contributed by atoms with Crippen LogP contribution in [0, 0.1) is 0 Å². The molecule has 1 heterocycles. The van der Waals surface area contributed by atoms with Crippen molar-refractivity contribution in [2.45, 2.75) is 32.7 Å². The molecule has 0 amide bonds. The zero-order valence-electron chi connectivity index (χ0n) is 10.6. The Morgan fingerprint density at radius 2 is 1.76 bits per heavy atom. The van der Waals surface area contributed by atoms with Crippen molar-refractivity contribution in [1.82, 2.24) is 9.78 Å². The van der Waals surface area contributed by atoms with E-state index in [0.29, 0.717) is 5.82 Å². The number of hydrogen-bond donors (Lipinski definition) is 1. The number of nitrogens with zero attached hydrogens (tertiary/aromatic N) is 2. The Morgan fingerprint density at radius 1 is 1.12 bits per heavy atom. The molecule has 2 rings (SSSR count). The predicted molar refractivity (Wildman–Crippen MR) is 70.9 cm³/mol. The van der Waals surface area contributed by atoms with Gasteiger partial charge in [-0.1, -0.05) is 45.0 Å². The molecule has 1 aromatic carbocycles. The van der Waals surface area contributed by atoms with Crippen molar-refractivity contribution in [3.8, 4) is 0 Å². The molecule has 0 bridgehead atoms. The lowest BCUT2D eigenvalue weighted by Crippen LogP contribution is -2.11. The summed E-state index contributed by atoms with van der Waals surface area (Å²) in [5, 5.41) is 4.17. The van der Waals surface area contributed by atoms with Gasteiger partial charge in [0, 0.05) is 0 Å². The van der Waals surface area contributed by atoms with Gasteiger partial charge in [-0.3, -0.25) is 0 Å². The third kappa shape index (κ3) is 2.67. The maximum absolute atomic E-state index is 5.79. The van der Waals surface area contributed by atoms with Gasteiger partial charge >= 0.3 is 0 Å². The van der Waals surface area contributed by atoms with Crippen molar-refractivity contribution < 1.29 is 0 Å². The van der Waals surface area contributed by atoms with Gasteiger partial charge in [-0.25, -0.2) is 4.68 Å². The maximum Gasteiger partial charge on any atom is 0.122 e. The minimum atomic E-state index is 0.198. The van der Waals surface area contributed by atoms with Crippen molar-refractivity contribution in [3.63, 3.8) is 0 Å². The first kappa shape index (κ1) is 11.7. The highest BCUT2D eigenvalue weighted by atomic mass is 15.3. The monoisotopic (exact) mass is 229 g/mol. The zero-order chi connectivity index (χ0) is 12.5. The summed E-state index contributed by atoms with van der Waals surface area (Å²) in [5.74, 6) is 0.699. The van der Waals surface area contributed by atoms with E-state index in [4.69, 9.17) is 5.73 Å². The molecule has 2 N–H and O–H groups in total. The SMILES string of the molecule is CC(C)(C)c1ccc(Cn2nccc2N)cc1. The van der Waals surface area contributed by atoms with Crippen molar-refractivity contribution in [3.05, 3.63) is 47.7 Å². The van der Waals surface area contributed by atoms with Gasteiger partial charge in [-0.15, -0.1) is 0 Å². The Hall–Kier alpha value is -1.77. The number of aromatic nitrogens is 2. The van der Waals surface area contributed by atoms with Crippen molar-refractivity contribution in [1.29, 1.82) is 0 Å². The Balaban J connectivity index is 2.17. The Kier molecular flexibility index (Phi) is 2.92. The molecular formula is C14H19N3. The summed E-state index contributed by atoms with van der Waals surface area (Å²) in [6.07, 6.45) is 1.72. The van der Waals surface area contributed by atoms with E-state index in [1.54, 1.807) is 10.9 Å². The number of anilines is 1. The molecule has 90 valence electrons. The second-order valence-corrected chi connectivity index (χ2v) is 5.36. The van der Waals surface area contributed by atoms with Crippen LogP contribution in [0.1, 0.15) is 31.9 Å². The van der Waals surface area contributed by atoms with E-state index < -0.39 is 0 Å². The van der Waals surface area contributed by atoms with E-state index in [1.807, 2.05) is 6.07 Å². The average molecular weight is 229 g/mol. The van der Waals surface area contributed by atoms with Crippen molar-refractivity contribution >= 4 is 5.82 Å². The fourth-order valence-electron chi connectivity index (χ4n) is 1.76. The molecule has 17 heavy (non-hydrogen) atoms. The van der Waals surface area contributed by atoms with Crippen LogP contribution in [0.3, 0.4) is 0 Å². The summed E-state index contributed by atoms with van der Waals surface area (Å²) in [4.78, 5) is 0. The lowest BCUT2D eigenvalue weighted by molar-refractivity contribution is 0.589. The lowest BCUT2D eigenvalue weighted by atomic mass is 9.87. The summed E-state index contributed by atoms with van der Waals surface area (Å²) in [6.45, 7) is 7.37. The Morgan fingerprint density at radius 3 is 2.24 bits per heavy atom. The second-order valence-electron chi connectivity index (χ2n) is 5.36. The van der Waals surface area contributed by atoms with E-state index in [2.05, 4.69) is 50.1 Å². The topological polar surface area (TPSA) is 43.8 Å². The first-order valence-corrected chi connectivity index (χ1v) is 5.83. The van der Waals surface area contributed by atoms with Crippen LogP contribution < -0.4 is 5.73 Å². The molecular weight excluding hydrogens is 210 g/mol. The molecule has 0 aliphatic carbocycles. The summed E-state index contributed by atoms with van der Waals surface area (Å²) < 4.78 is 1.80. The van der Waals surface area contributed by atoms with Crippen molar-refractivity contribution in [2.24, 2.45) is 0 Å². The van der Waals surface area contributed by atoms with E-state index in [0.717, 1.165) is 6.54 Å². The van der Waals surface area contributed by atoms with Crippen LogP contribution in [0.5, 0.6) is 0 Å². The lowest BCUT2D eigenvalue weighted by Gasteiger charge is -2.19. The minimum Gasteiger partial charge on any atom is -0.384 e.